The van der Waals surface area contributed by atoms with Crippen molar-refractivity contribution >= 4 is 17.0 Å². The van der Waals surface area contributed by atoms with Gasteiger partial charge in [-0.05, 0) is 24.1 Å². The highest BCUT2D eigenvalue weighted by molar-refractivity contribution is 8.93. The molecule has 0 saturated carbocycles. The van der Waals surface area contributed by atoms with Gasteiger partial charge in [0, 0.05) is 6.54 Å². The Kier molecular flexibility index (Phi) is 5.66. The molecule has 0 spiro atoms. The van der Waals surface area contributed by atoms with Crippen molar-refractivity contribution in [2.45, 2.75) is 6.42 Å². The van der Waals surface area contributed by atoms with Crippen LogP contribution < -0.4 is 5.54 Å². The molecule has 2 N–H and O–H groups in total. The molecule has 1 aromatic rings. The van der Waals surface area contributed by atoms with Crippen LogP contribution in [-0.2, 0) is 6.42 Å². The van der Waals surface area contributed by atoms with Crippen molar-refractivity contribution < 1.29 is 9.59 Å². The molecule has 1 aromatic carbocycles. The molecule has 0 fully saturated rings. The van der Waals surface area contributed by atoms with Gasteiger partial charge < -0.3 is 5.11 Å². The first-order valence-corrected chi connectivity index (χ1v) is 3.44. The molecular weight excluding hydrogens is 225 g/mol. The molecule has 0 aliphatic carbocycles. The van der Waals surface area contributed by atoms with Crippen molar-refractivity contribution in [3.05, 3.63) is 29.8 Å². The van der Waals surface area contributed by atoms with Crippen LogP contribution >= 0.6 is 17.0 Å². The van der Waals surface area contributed by atoms with Crippen LogP contribution in [0.3, 0.4) is 0 Å². The molecule has 12 heavy (non-hydrogen) atoms. The number of hydrogen-bond donors (Lipinski definition) is 2. The van der Waals surface area contributed by atoms with E-state index in [2.05, 4.69) is 0 Å². The molecule has 0 bridgehead atoms. The number of halogens is 2. The van der Waals surface area contributed by atoms with Gasteiger partial charge in [0.2, 0.25) is 0 Å². The van der Waals surface area contributed by atoms with Gasteiger partial charge in [0.25, 0.3) is 0 Å². The Bertz CT molecular complexity index is 215. The van der Waals surface area contributed by atoms with Gasteiger partial charge >= 0.3 is 0 Å². The third kappa shape index (κ3) is 3.69. The standard InChI is InChI=1S/C8H10FNO.BrH/c9-10-6-5-7-1-3-8(11)4-2-7;/h1-4,10-11H,5-6H2;1H. The van der Waals surface area contributed by atoms with Crippen LogP contribution in [0.25, 0.3) is 0 Å². The van der Waals surface area contributed by atoms with Crippen LogP contribution in [-0.4, -0.2) is 11.7 Å². The van der Waals surface area contributed by atoms with Gasteiger partial charge in [-0.15, -0.1) is 21.5 Å². The van der Waals surface area contributed by atoms with Crippen LogP contribution in [0.5, 0.6) is 5.75 Å². The summed E-state index contributed by atoms with van der Waals surface area (Å²) in [6.45, 7) is 0.310. The molecule has 0 amide bonds. The fourth-order valence-corrected chi connectivity index (χ4v) is 0.854. The zero-order valence-corrected chi connectivity index (χ0v) is 8.17. The average Bonchev–Trinajstić information content (AvgIpc) is 2.04. The Hall–Kier alpha value is -0.610. The lowest BCUT2D eigenvalue weighted by Crippen LogP contribution is -2.05. The van der Waals surface area contributed by atoms with E-state index in [0.29, 0.717) is 13.0 Å². The molecule has 4 heteroatoms. The van der Waals surface area contributed by atoms with Crippen molar-refractivity contribution in [2.24, 2.45) is 0 Å². The van der Waals surface area contributed by atoms with Crippen molar-refractivity contribution in [3.63, 3.8) is 0 Å². The van der Waals surface area contributed by atoms with Crippen LogP contribution in [0.4, 0.5) is 4.48 Å². The van der Waals surface area contributed by atoms with E-state index in [-0.39, 0.29) is 22.7 Å². The SMILES string of the molecule is Br.Oc1ccc(CCNF)cc1. The first-order valence-electron chi connectivity index (χ1n) is 3.44. The molecule has 0 saturated heterocycles. The minimum atomic E-state index is 0. The summed E-state index contributed by atoms with van der Waals surface area (Å²) in [6.07, 6.45) is 0.636. The van der Waals surface area contributed by atoms with Gasteiger partial charge in [-0.2, -0.15) is 5.54 Å². The van der Waals surface area contributed by atoms with E-state index in [9.17, 15) is 4.48 Å². The second-order valence-electron chi connectivity index (χ2n) is 2.30. The molecular formula is C8H11BrFNO. The number of aromatic hydroxyl groups is 1. The molecule has 0 atom stereocenters. The first kappa shape index (κ1) is 11.4. The summed E-state index contributed by atoms with van der Waals surface area (Å²) < 4.78 is 11.5. The summed E-state index contributed by atoms with van der Waals surface area (Å²) in [7, 11) is 0. The maximum Gasteiger partial charge on any atom is 0.115 e. The Morgan fingerprint density at radius 3 is 2.33 bits per heavy atom. The largest absolute Gasteiger partial charge is 0.508 e. The van der Waals surface area contributed by atoms with E-state index >= 15 is 0 Å². The van der Waals surface area contributed by atoms with Crippen molar-refractivity contribution in [2.75, 3.05) is 6.54 Å². The number of rotatable bonds is 3. The van der Waals surface area contributed by atoms with Crippen LogP contribution in [0.15, 0.2) is 24.3 Å². The fraction of sp³-hybridized carbons (Fsp3) is 0.250. The highest BCUT2D eigenvalue weighted by Gasteiger charge is 1.91. The van der Waals surface area contributed by atoms with Gasteiger partial charge in [0.1, 0.15) is 5.75 Å². The maximum absolute atomic E-state index is 11.5. The summed E-state index contributed by atoms with van der Waals surface area (Å²) in [4.78, 5) is 0. The number of phenols is 1. The third-order valence-corrected chi connectivity index (χ3v) is 1.44. The summed E-state index contributed by atoms with van der Waals surface area (Å²) in [5.41, 5.74) is 2.58. The zero-order chi connectivity index (χ0) is 8.10. The number of benzene rings is 1. The monoisotopic (exact) mass is 235 g/mol. The van der Waals surface area contributed by atoms with E-state index in [1.807, 2.05) is 0 Å². The summed E-state index contributed by atoms with van der Waals surface area (Å²) in [5, 5.41) is 8.89. The second kappa shape index (κ2) is 5.97. The van der Waals surface area contributed by atoms with E-state index in [4.69, 9.17) is 5.11 Å². The number of phenolic OH excluding ortho intramolecular Hbond substituents is 1. The topological polar surface area (TPSA) is 32.3 Å². The number of hydrogen-bond acceptors (Lipinski definition) is 2. The van der Waals surface area contributed by atoms with Crippen molar-refractivity contribution in [1.82, 2.24) is 5.54 Å². The lowest BCUT2D eigenvalue weighted by molar-refractivity contribution is 0.337. The molecule has 0 aliphatic heterocycles. The minimum Gasteiger partial charge on any atom is -0.508 e. The van der Waals surface area contributed by atoms with Crippen LogP contribution in [0.1, 0.15) is 5.56 Å². The Balaban J connectivity index is 0.00000121. The smallest absolute Gasteiger partial charge is 0.115 e. The maximum atomic E-state index is 11.5. The molecule has 2 nitrogen and oxygen atoms in total. The molecule has 0 unspecified atom stereocenters. The highest BCUT2D eigenvalue weighted by atomic mass is 79.9. The summed E-state index contributed by atoms with van der Waals surface area (Å²) in [6, 6.07) is 6.72. The van der Waals surface area contributed by atoms with Gasteiger partial charge in [0.05, 0.1) is 0 Å². The Morgan fingerprint density at radius 2 is 1.83 bits per heavy atom. The molecule has 0 aromatic heterocycles. The molecule has 0 heterocycles. The van der Waals surface area contributed by atoms with E-state index in [1.165, 1.54) is 0 Å². The molecule has 68 valence electrons. The summed E-state index contributed by atoms with van der Waals surface area (Å²) >= 11 is 0. The predicted octanol–water partition coefficient (Wildman–Crippen LogP) is 1.99. The van der Waals surface area contributed by atoms with Gasteiger partial charge in [-0.1, -0.05) is 12.1 Å². The van der Waals surface area contributed by atoms with Crippen molar-refractivity contribution in [3.8, 4) is 5.75 Å². The van der Waals surface area contributed by atoms with Gasteiger partial charge in [-0.3, -0.25) is 0 Å². The Morgan fingerprint density at radius 1 is 1.25 bits per heavy atom. The summed E-state index contributed by atoms with van der Waals surface area (Å²) in [5.74, 6) is 0.238. The predicted molar refractivity (Wildman–Crippen MR) is 51.2 cm³/mol. The first-order chi connectivity index (χ1) is 5.33. The zero-order valence-electron chi connectivity index (χ0n) is 6.46. The second-order valence-corrected chi connectivity index (χ2v) is 2.30. The van der Waals surface area contributed by atoms with Crippen LogP contribution in [0, 0.1) is 0 Å². The molecule has 1 rings (SSSR count). The third-order valence-electron chi connectivity index (χ3n) is 1.44. The molecule has 0 aliphatic rings. The van der Waals surface area contributed by atoms with E-state index in [0.717, 1.165) is 5.56 Å². The number of nitrogens with one attached hydrogen (secondary N) is 1. The fourth-order valence-electron chi connectivity index (χ4n) is 0.854. The highest BCUT2D eigenvalue weighted by Crippen LogP contribution is 2.09. The minimum absolute atomic E-state index is 0. The quantitative estimate of drug-likeness (QED) is 0.786. The lowest BCUT2D eigenvalue weighted by atomic mass is 10.1. The Labute approximate surface area is 81.1 Å². The van der Waals surface area contributed by atoms with E-state index < -0.39 is 0 Å². The van der Waals surface area contributed by atoms with E-state index in [1.54, 1.807) is 29.8 Å². The lowest BCUT2D eigenvalue weighted by Gasteiger charge is -1.98. The normalized spacial score (nSPS) is 9.08. The van der Waals surface area contributed by atoms with Gasteiger partial charge in [0.15, 0.2) is 0 Å². The molecule has 0 radical (unpaired) electrons. The van der Waals surface area contributed by atoms with Crippen molar-refractivity contribution in [1.29, 1.82) is 0 Å². The van der Waals surface area contributed by atoms with Gasteiger partial charge in [-0.25, -0.2) is 0 Å². The van der Waals surface area contributed by atoms with Crippen LogP contribution in [0.2, 0.25) is 0 Å². The average molecular weight is 236 g/mol.